The number of H-pyrrole nitrogens is 1. The van der Waals surface area contributed by atoms with Crippen LogP contribution in [0.15, 0.2) is 30.9 Å². The van der Waals surface area contributed by atoms with E-state index in [4.69, 9.17) is 11.6 Å². The van der Waals surface area contributed by atoms with E-state index in [9.17, 15) is 0 Å². The predicted molar refractivity (Wildman–Crippen MR) is 91.6 cm³/mol. The molecular weight excluding hydrogens is 312 g/mol. The Kier molecular flexibility index (Phi) is 3.85. The zero-order chi connectivity index (χ0) is 15.6. The van der Waals surface area contributed by atoms with Crippen LogP contribution >= 0.6 is 11.6 Å². The minimum atomic E-state index is 0.349. The first-order valence-electron chi connectivity index (χ1n) is 7.72. The van der Waals surface area contributed by atoms with Crippen LogP contribution in [0.25, 0.3) is 22.2 Å². The van der Waals surface area contributed by atoms with Crippen molar-refractivity contribution in [2.45, 2.75) is 18.9 Å². The van der Waals surface area contributed by atoms with Crippen molar-refractivity contribution in [3.05, 3.63) is 35.9 Å². The Morgan fingerprint density at radius 3 is 3.13 bits per heavy atom. The van der Waals surface area contributed by atoms with Gasteiger partial charge in [0, 0.05) is 47.6 Å². The second-order valence-electron chi connectivity index (χ2n) is 5.70. The summed E-state index contributed by atoms with van der Waals surface area (Å²) in [5.41, 5.74) is 2.66. The fourth-order valence-electron chi connectivity index (χ4n) is 2.94. The molecule has 3 aromatic rings. The van der Waals surface area contributed by atoms with E-state index < -0.39 is 0 Å². The van der Waals surface area contributed by atoms with Gasteiger partial charge >= 0.3 is 0 Å². The van der Waals surface area contributed by atoms with E-state index in [1.54, 1.807) is 12.4 Å². The van der Waals surface area contributed by atoms with E-state index in [2.05, 4.69) is 30.6 Å². The Morgan fingerprint density at radius 2 is 2.26 bits per heavy atom. The number of aromatic amines is 1. The number of hydrogen-bond donors (Lipinski definition) is 3. The summed E-state index contributed by atoms with van der Waals surface area (Å²) in [6.07, 6.45) is 9.41. The summed E-state index contributed by atoms with van der Waals surface area (Å²) in [6, 6.07) is 2.28. The molecule has 4 rings (SSSR count). The molecule has 23 heavy (non-hydrogen) atoms. The van der Waals surface area contributed by atoms with Crippen molar-refractivity contribution in [1.82, 2.24) is 25.3 Å². The molecule has 0 unspecified atom stereocenters. The van der Waals surface area contributed by atoms with Gasteiger partial charge in [0.05, 0.1) is 16.9 Å². The molecule has 4 heterocycles. The van der Waals surface area contributed by atoms with Gasteiger partial charge in [-0.1, -0.05) is 11.6 Å². The van der Waals surface area contributed by atoms with Gasteiger partial charge in [0.2, 0.25) is 5.95 Å². The average Bonchev–Trinajstić information content (AvgIpc) is 3.01. The third-order valence-electron chi connectivity index (χ3n) is 4.11. The van der Waals surface area contributed by atoms with Crippen molar-refractivity contribution >= 4 is 28.5 Å². The van der Waals surface area contributed by atoms with Crippen LogP contribution in [0.1, 0.15) is 12.8 Å². The molecule has 1 aliphatic rings. The molecule has 0 radical (unpaired) electrons. The maximum Gasteiger partial charge on any atom is 0.223 e. The van der Waals surface area contributed by atoms with Gasteiger partial charge in [0.1, 0.15) is 0 Å². The van der Waals surface area contributed by atoms with Gasteiger partial charge in [-0.15, -0.1) is 0 Å². The monoisotopic (exact) mass is 328 g/mol. The van der Waals surface area contributed by atoms with Crippen molar-refractivity contribution in [2.75, 3.05) is 18.4 Å². The van der Waals surface area contributed by atoms with E-state index in [0.29, 0.717) is 22.7 Å². The lowest BCUT2D eigenvalue weighted by molar-refractivity contribution is 0.478. The highest BCUT2D eigenvalue weighted by Gasteiger charge is 2.16. The summed E-state index contributed by atoms with van der Waals surface area (Å²) in [7, 11) is 0. The minimum Gasteiger partial charge on any atom is -0.360 e. The van der Waals surface area contributed by atoms with E-state index >= 15 is 0 Å². The molecule has 0 aliphatic carbocycles. The smallest absolute Gasteiger partial charge is 0.223 e. The molecule has 0 amide bonds. The van der Waals surface area contributed by atoms with Crippen LogP contribution in [0, 0.1) is 0 Å². The number of nitrogens with one attached hydrogen (secondary N) is 3. The maximum absolute atomic E-state index is 6.33. The number of nitrogens with zero attached hydrogens (tertiary/aromatic N) is 3. The van der Waals surface area contributed by atoms with Gasteiger partial charge in [-0.05, 0) is 25.5 Å². The zero-order valence-corrected chi connectivity index (χ0v) is 13.3. The first kappa shape index (κ1) is 14.4. The largest absolute Gasteiger partial charge is 0.360 e. The van der Waals surface area contributed by atoms with Crippen molar-refractivity contribution in [1.29, 1.82) is 0 Å². The zero-order valence-electron chi connectivity index (χ0n) is 12.5. The highest BCUT2D eigenvalue weighted by atomic mass is 35.5. The van der Waals surface area contributed by atoms with Crippen LogP contribution < -0.4 is 10.6 Å². The lowest BCUT2D eigenvalue weighted by atomic mass is 10.1. The Hall–Kier alpha value is -2.18. The summed E-state index contributed by atoms with van der Waals surface area (Å²) in [5, 5.41) is 8.29. The van der Waals surface area contributed by atoms with Gasteiger partial charge in [-0.3, -0.25) is 4.98 Å². The number of pyridine rings is 1. The number of piperidine rings is 1. The molecule has 3 N–H and O–H groups in total. The van der Waals surface area contributed by atoms with Crippen molar-refractivity contribution in [3.8, 4) is 11.3 Å². The molecule has 1 atom stereocenters. The topological polar surface area (TPSA) is 78.5 Å². The fraction of sp³-hybridized carbons (Fsp3) is 0.312. The second-order valence-corrected chi connectivity index (χ2v) is 6.11. The Balaban J connectivity index is 1.69. The molecular formula is C16H17ClN6. The first-order chi connectivity index (χ1) is 11.3. The Labute approximate surface area is 138 Å². The van der Waals surface area contributed by atoms with E-state index in [1.165, 1.54) is 0 Å². The SMILES string of the molecule is Clc1cnc(N[C@H]2CCCNC2)nc1-c1c[nH]c2ccncc12. The Bertz CT molecular complexity index is 824. The van der Waals surface area contributed by atoms with E-state index in [1.807, 2.05) is 18.5 Å². The molecule has 1 aliphatic heterocycles. The highest BCUT2D eigenvalue weighted by molar-refractivity contribution is 6.33. The number of fused-ring (bicyclic) bond motifs is 1. The third kappa shape index (κ3) is 2.87. The van der Waals surface area contributed by atoms with Crippen molar-refractivity contribution < 1.29 is 0 Å². The van der Waals surface area contributed by atoms with Crippen LogP contribution in [0.2, 0.25) is 5.02 Å². The van der Waals surface area contributed by atoms with Crippen LogP contribution in [-0.4, -0.2) is 39.1 Å². The molecule has 118 valence electrons. The third-order valence-corrected chi connectivity index (χ3v) is 4.39. The molecule has 6 nitrogen and oxygen atoms in total. The molecule has 0 saturated carbocycles. The summed E-state index contributed by atoms with van der Waals surface area (Å²) in [4.78, 5) is 16.4. The van der Waals surface area contributed by atoms with Gasteiger partial charge < -0.3 is 15.6 Å². The molecule has 0 spiro atoms. The number of hydrogen-bond acceptors (Lipinski definition) is 5. The molecule has 3 aromatic heterocycles. The van der Waals surface area contributed by atoms with Gasteiger partial charge in [-0.2, -0.15) is 0 Å². The number of aromatic nitrogens is 4. The number of halogens is 1. The van der Waals surface area contributed by atoms with Gasteiger partial charge in [0.25, 0.3) is 0 Å². The lowest BCUT2D eigenvalue weighted by Gasteiger charge is -2.23. The quantitative estimate of drug-likeness (QED) is 0.689. The molecule has 1 fully saturated rings. The number of anilines is 1. The molecule has 7 heteroatoms. The normalized spacial score (nSPS) is 18.2. The average molecular weight is 329 g/mol. The fourth-order valence-corrected chi connectivity index (χ4v) is 3.13. The molecule has 0 bridgehead atoms. The van der Waals surface area contributed by atoms with Gasteiger partial charge in [-0.25, -0.2) is 9.97 Å². The second kappa shape index (κ2) is 6.14. The lowest BCUT2D eigenvalue weighted by Crippen LogP contribution is -2.38. The summed E-state index contributed by atoms with van der Waals surface area (Å²) >= 11 is 6.33. The first-order valence-corrected chi connectivity index (χ1v) is 8.10. The van der Waals surface area contributed by atoms with Gasteiger partial charge in [0.15, 0.2) is 0 Å². The standard InChI is InChI=1S/C16H17ClN6/c17-13-9-21-16(22-10-2-1-4-18-6-10)23-15(13)12-8-20-14-3-5-19-7-11(12)14/h3,5,7-10,18,20H,1-2,4,6H2,(H,21,22,23)/t10-/m0/s1. The molecule has 0 aromatic carbocycles. The van der Waals surface area contributed by atoms with Crippen LogP contribution in [0.4, 0.5) is 5.95 Å². The molecule has 1 saturated heterocycles. The number of rotatable bonds is 3. The summed E-state index contributed by atoms with van der Waals surface area (Å²) in [5.74, 6) is 0.608. The Morgan fingerprint density at radius 1 is 1.30 bits per heavy atom. The van der Waals surface area contributed by atoms with E-state index in [0.717, 1.165) is 42.4 Å². The van der Waals surface area contributed by atoms with Crippen LogP contribution in [0.5, 0.6) is 0 Å². The van der Waals surface area contributed by atoms with Crippen molar-refractivity contribution in [2.24, 2.45) is 0 Å². The maximum atomic E-state index is 6.33. The van der Waals surface area contributed by atoms with Crippen LogP contribution in [0.3, 0.4) is 0 Å². The minimum absolute atomic E-state index is 0.349. The van der Waals surface area contributed by atoms with Crippen LogP contribution in [-0.2, 0) is 0 Å². The summed E-state index contributed by atoms with van der Waals surface area (Å²) < 4.78 is 0. The van der Waals surface area contributed by atoms with Crippen molar-refractivity contribution in [3.63, 3.8) is 0 Å². The summed E-state index contributed by atoms with van der Waals surface area (Å²) in [6.45, 7) is 2.01. The predicted octanol–water partition coefficient (Wildman–Crippen LogP) is 2.84. The highest BCUT2D eigenvalue weighted by Crippen LogP contribution is 2.31. The van der Waals surface area contributed by atoms with E-state index in [-0.39, 0.29) is 0 Å².